The number of nitrogens with one attached hydrogen (secondary N) is 1. The largest absolute Gasteiger partial charge is 0.452 e. The van der Waals surface area contributed by atoms with Crippen LogP contribution in [0.5, 0.6) is 0 Å². The number of thioether (sulfide) groups is 1. The highest BCUT2D eigenvalue weighted by atomic mass is 35.5. The zero-order valence-corrected chi connectivity index (χ0v) is 17.1. The average molecular weight is 442 g/mol. The van der Waals surface area contributed by atoms with Crippen molar-refractivity contribution in [2.24, 2.45) is 0 Å². The van der Waals surface area contributed by atoms with Crippen molar-refractivity contribution in [1.29, 1.82) is 0 Å². The SMILES string of the molecule is CC(OC(=O)CSc1ncnc2sccc12)C(=O)Nc1cc(Cl)cc(Cl)c1. The maximum absolute atomic E-state index is 12.2. The maximum atomic E-state index is 12.2. The Hall–Kier alpha value is -1.87. The van der Waals surface area contributed by atoms with Crippen LogP contribution >= 0.6 is 46.3 Å². The zero-order chi connectivity index (χ0) is 19.4. The topological polar surface area (TPSA) is 81.2 Å². The van der Waals surface area contributed by atoms with Crippen molar-refractivity contribution in [3.63, 3.8) is 0 Å². The van der Waals surface area contributed by atoms with Crippen molar-refractivity contribution in [3.8, 4) is 0 Å². The number of esters is 1. The Labute approximate surface area is 173 Å². The highest BCUT2D eigenvalue weighted by Crippen LogP contribution is 2.27. The van der Waals surface area contributed by atoms with Gasteiger partial charge in [-0.25, -0.2) is 9.97 Å². The third kappa shape index (κ3) is 5.32. The summed E-state index contributed by atoms with van der Waals surface area (Å²) in [6, 6.07) is 6.56. The first-order valence-electron chi connectivity index (χ1n) is 7.70. The molecule has 0 saturated heterocycles. The Balaban J connectivity index is 1.54. The number of hydrogen-bond acceptors (Lipinski definition) is 7. The van der Waals surface area contributed by atoms with Crippen LogP contribution in [-0.2, 0) is 14.3 Å². The van der Waals surface area contributed by atoms with Crippen molar-refractivity contribution < 1.29 is 14.3 Å². The molecule has 1 amide bonds. The number of carbonyl (C=O) groups excluding carboxylic acids is 2. The van der Waals surface area contributed by atoms with E-state index in [1.165, 1.54) is 36.3 Å². The van der Waals surface area contributed by atoms with Crippen molar-refractivity contribution >= 4 is 74.1 Å². The third-order valence-corrected chi connectivity index (χ3v) is 5.60. The molecule has 140 valence electrons. The molecule has 6 nitrogen and oxygen atoms in total. The highest BCUT2D eigenvalue weighted by molar-refractivity contribution is 8.00. The first kappa shape index (κ1) is 19.9. The summed E-state index contributed by atoms with van der Waals surface area (Å²) in [4.78, 5) is 33.4. The number of thiophene rings is 1. The van der Waals surface area contributed by atoms with E-state index in [-0.39, 0.29) is 5.75 Å². The highest BCUT2D eigenvalue weighted by Gasteiger charge is 2.19. The van der Waals surface area contributed by atoms with Gasteiger partial charge in [-0.05, 0) is 36.6 Å². The van der Waals surface area contributed by atoms with Crippen molar-refractivity contribution in [1.82, 2.24) is 9.97 Å². The van der Waals surface area contributed by atoms with Gasteiger partial charge in [0.25, 0.3) is 5.91 Å². The van der Waals surface area contributed by atoms with Crippen LogP contribution in [0.15, 0.2) is 41.0 Å². The summed E-state index contributed by atoms with van der Waals surface area (Å²) >= 11 is 14.5. The molecule has 2 heterocycles. The number of aromatic nitrogens is 2. The quantitative estimate of drug-likeness (QED) is 0.340. The summed E-state index contributed by atoms with van der Waals surface area (Å²) in [6.45, 7) is 1.49. The van der Waals surface area contributed by atoms with E-state index in [0.29, 0.717) is 20.8 Å². The van der Waals surface area contributed by atoms with Gasteiger partial charge in [-0.15, -0.1) is 11.3 Å². The van der Waals surface area contributed by atoms with E-state index in [1.54, 1.807) is 18.2 Å². The van der Waals surface area contributed by atoms with E-state index in [9.17, 15) is 9.59 Å². The van der Waals surface area contributed by atoms with Gasteiger partial charge in [0.05, 0.1) is 5.75 Å². The van der Waals surface area contributed by atoms with Gasteiger partial charge in [0.2, 0.25) is 0 Å². The molecule has 1 atom stereocenters. The van der Waals surface area contributed by atoms with Gasteiger partial charge in [-0.3, -0.25) is 9.59 Å². The lowest BCUT2D eigenvalue weighted by Gasteiger charge is -2.14. The summed E-state index contributed by atoms with van der Waals surface area (Å²) in [5.74, 6) is -0.967. The fraction of sp³-hybridized carbons (Fsp3) is 0.176. The van der Waals surface area contributed by atoms with E-state index in [0.717, 1.165) is 10.2 Å². The number of carbonyl (C=O) groups is 2. The molecule has 0 aliphatic heterocycles. The average Bonchev–Trinajstić information content (AvgIpc) is 3.08. The molecule has 0 aliphatic rings. The van der Waals surface area contributed by atoms with Crippen LogP contribution in [0.4, 0.5) is 5.69 Å². The molecule has 3 aromatic rings. The Morgan fingerprint density at radius 1 is 1.26 bits per heavy atom. The van der Waals surface area contributed by atoms with Crippen LogP contribution in [0, 0.1) is 0 Å². The minimum Gasteiger partial charge on any atom is -0.452 e. The van der Waals surface area contributed by atoms with Crippen molar-refractivity contribution in [2.45, 2.75) is 18.1 Å². The van der Waals surface area contributed by atoms with E-state index in [1.807, 2.05) is 11.4 Å². The normalized spacial score (nSPS) is 12.0. The van der Waals surface area contributed by atoms with Crippen LogP contribution in [0.3, 0.4) is 0 Å². The Morgan fingerprint density at radius 2 is 2.00 bits per heavy atom. The smallest absolute Gasteiger partial charge is 0.317 e. The number of nitrogens with zero attached hydrogens (tertiary/aromatic N) is 2. The molecule has 27 heavy (non-hydrogen) atoms. The van der Waals surface area contributed by atoms with Crippen molar-refractivity contribution in [3.05, 3.63) is 46.0 Å². The van der Waals surface area contributed by atoms with Crippen LogP contribution in [-0.4, -0.2) is 33.7 Å². The number of amides is 1. The summed E-state index contributed by atoms with van der Waals surface area (Å²) in [7, 11) is 0. The minimum absolute atomic E-state index is 0.0303. The number of rotatable bonds is 6. The second kappa shape index (κ2) is 8.88. The van der Waals surface area contributed by atoms with Gasteiger partial charge in [-0.1, -0.05) is 35.0 Å². The summed E-state index contributed by atoms with van der Waals surface area (Å²) in [5.41, 5.74) is 0.426. The van der Waals surface area contributed by atoms with Gasteiger partial charge in [0.15, 0.2) is 6.10 Å². The molecule has 0 radical (unpaired) electrons. The molecule has 3 rings (SSSR count). The molecule has 10 heteroatoms. The van der Waals surface area contributed by atoms with Crippen molar-refractivity contribution in [2.75, 3.05) is 11.1 Å². The number of hydrogen-bond donors (Lipinski definition) is 1. The monoisotopic (exact) mass is 441 g/mol. The van der Waals surface area contributed by atoms with Gasteiger partial charge >= 0.3 is 5.97 Å². The molecule has 0 aliphatic carbocycles. The molecular formula is C17H13Cl2N3O3S2. The van der Waals surface area contributed by atoms with Gasteiger partial charge in [0, 0.05) is 21.1 Å². The number of fused-ring (bicyclic) bond motifs is 1. The van der Waals surface area contributed by atoms with Crippen LogP contribution in [0.2, 0.25) is 10.0 Å². The van der Waals surface area contributed by atoms with Crippen LogP contribution in [0.1, 0.15) is 6.92 Å². The van der Waals surface area contributed by atoms with E-state index >= 15 is 0 Å². The lowest BCUT2D eigenvalue weighted by molar-refractivity contribution is -0.150. The number of halogens is 2. The zero-order valence-electron chi connectivity index (χ0n) is 13.9. The fourth-order valence-corrected chi connectivity index (χ4v) is 4.25. The fourth-order valence-electron chi connectivity index (χ4n) is 2.16. The molecule has 0 bridgehead atoms. The Bertz CT molecular complexity index is 976. The maximum Gasteiger partial charge on any atom is 0.317 e. The molecule has 0 fully saturated rings. The molecule has 1 aromatic carbocycles. The van der Waals surface area contributed by atoms with Crippen LogP contribution in [0.25, 0.3) is 10.2 Å². The molecule has 0 saturated carbocycles. The third-order valence-electron chi connectivity index (χ3n) is 3.36. The first-order valence-corrected chi connectivity index (χ1v) is 10.3. The lowest BCUT2D eigenvalue weighted by atomic mass is 10.3. The molecular weight excluding hydrogens is 429 g/mol. The second-order valence-electron chi connectivity index (χ2n) is 5.39. The number of ether oxygens (including phenoxy) is 1. The Kier molecular flexibility index (Phi) is 6.54. The predicted octanol–water partition coefficient (Wildman–Crippen LogP) is 4.66. The van der Waals surface area contributed by atoms with Gasteiger partial charge in [-0.2, -0.15) is 0 Å². The number of anilines is 1. The molecule has 2 aromatic heterocycles. The first-order chi connectivity index (χ1) is 12.9. The minimum atomic E-state index is -0.970. The van der Waals surface area contributed by atoms with E-state index < -0.39 is 18.0 Å². The summed E-state index contributed by atoms with van der Waals surface area (Å²) in [6.07, 6.45) is 0.487. The Morgan fingerprint density at radius 3 is 2.74 bits per heavy atom. The standard InChI is InChI=1S/C17H13Cl2N3O3S2/c1-9(15(24)22-12-5-10(18)4-11(19)6-12)25-14(23)7-27-17-13-2-3-26-16(13)20-8-21-17/h2-6,8-9H,7H2,1H3,(H,22,24). The van der Waals surface area contributed by atoms with E-state index in [2.05, 4.69) is 15.3 Å². The molecule has 1 N–H and O–H groups in total. The summed E-state index contributed by atoms with van der Waals surface area (Å²) < 4.78 is 5.18. The lowest BCUT2D eigenvalue weighted by Crippen LogP contribution is -2.30. The summed E-state index contributed by atoms with van der Waals surface area (Å²) in [5, 5.41) is 6.90. The van der Waals surface area contributed by atoms with Gasteiger partial charge < -0.3 is 10.1 Å². The van der Waals surface area contributed by atoms with Crippen LogP contribution < -0.4 is 5.32 Å². The predicted molar refractivity (Wildman–Crippen MR) is 109 cm³/mol. The second-order valence-corrected chi connectivity index (χ2v) is 8.12. The van der Waals surface area contributed by atoms with Gasteiger partial charge in [0.1, 0.15) is 16.2 Å². The van der Waals surface area contributed by atoms with E-state index in [4.69, 9.17) is 27.9 Å². The molecule has 1 unspecified atom stereocenters. The number of benzene rings is 1. The molecule has 0 spiro atoms.